The molecule has 4 heteroatoms. The van der Waals surface area contributed by atoms with E-state index < -0.39 is 11.5 Å². The molecule has 0 radical (unpaired) electrons. The third-order valence-corrected chi connectivity index (χ3v) is 3.39. The van der Waals surface area contributed by atoms with E-state index in [4.69, 9.17) is 10.8 Å². The van der Waals surface area contributed by atoms with E-state index in [0.717, 1.165) is 19.0 Å². The fraction of sp³-hybridized carbons (Fsp3) is 0.909. The molecule has 15 heavy (non-hydrogen) atoms. The Balaban J connectivity index is 2.17. The standard InChI is InChI=1S/C11H22N2O2/c1-11(12,10(14)15)7-4-8-13(2)9-5-3-6-9/h9H,3-8,12H2,1-2H3,(H,14,15). The predicted molar refractivity (Wildman–Crippen MR) is 59.7 cm³/mol. The van der Waals surface area contributed by atoms with Crippen LogP contribution in [0.15, 0.2) is 0 Å². The summed E-state index contributed by atoms with van der Waals surface area (Å²) in [5.41, 5.74) is 4.58. The highest BCUT2D eigenvalue weighted by atomic mass is 16.4. The average Bonchev–Trinajstić information content (AvgIpc) is 1.99. The largest absolute Gasteiger partial charge is 0.480 e. The van der Waals surface area contributed by atoms with Gasteiger partial charge < -0.3 is 15.7 Å². The topological polar surface area (TPSA) is 66.6 Å². The van der Waals surface area contributed by atoms with Crippen molar-refractivity contribution in [1.29, 1.82) is 0 Å². The second-order valence-corrected chi connectivity index (χ2v) is 4.89. The zero-order chi connectivity index (χ0) is 11.5. The van der Waals surface area contributed by atoms with E-state index in [1.165, 1.54) is 19.3 Å². The monoisotopic (exact) mass is 214 g/mol. The Bertz CT molecular complexity index is 225. The minimum atomic E-state index is -1.07. The molecular weight excluding hydrogens is 192 g/mol. The van der Waals surface area contributed by atoms with Gasteiger partial charge in [-0.25, -0.2) is 0 Å². The van der Waals surface area contributed by atoms with Crippen LogP contribution in [0.25, 0.3) is 0 Å². The molecule has 0 bridgehead atoms. The van der Waals surface area contributed by atoms with Gasteiger partial charge in [0.05, 0.1) is 0 Å². The van der Waals surface area contributed by atoms with Crippen molar-refractivity contribution in [2.24, 2.45) is 5.73 Å². The van der Waals surface area contributed by atoms with Gasteiger partial charge in [0.15, 0.2) is 0 Å². The minimum absolute atomic E-state index is 0.541. The molecule has 1 saturated carbocycles. The number of hydrogen-bond acceptors (Lipinski definition) is 3. The van der Waals surface area contributed by atoms with Crippen LogP contribution >= 0.6 is 0 Å². The van der Waals surface area contributed by atoms with Gasteiger partial charge >= 0.3 is 5.97 Å². The third-order valence-electron chi connectivity index (χ3n) is 3.39. The van der Waals surface area contributed by atoms with Crippen molar-refractivity contribution in [3.63, 3.8) is 0 Å². The smallest absolute Gasteiger partial charge is 0.323 e. The Kier molecular flexibility index (Phi) is 4.11. The summed E-state index contributed by atoms with van der Waals surface area (Å²) in [6, 6.07) is 0.721. The van der Waals surface area contributed by atoms with E-state index in [1.807, 2.05) is 0 Å². The highest BCUT2D eigenvalue weighted by molar-refractivity contribution is 5.77. The normalized spacial score (nSPS) is 21.1. The van der Waals surface area contributed by atoms with E-state index in [-0.39, 0.29) is 0 Å². The molecule has 0 aromatic carbocycles. The molecule has 1 aliphatic carbocycles. The maximum absolute atomic E-state index is 10.8. The second kappa shape index (κ2) is 4.94. The van der Waals surface area contributed by atoms with Crippen LogP contribution in [0.5, 0.6) is 0 Å². The molecule has 1 fully saturated rings. The zero-order valence-corrected chi connectivity index (χ0v) is 9.70. The van der Waals surface area contributed by atoms with Gasteiger partial charge in [0, 0.05) is 6.04 Å². The number of carboxylic acids is 1. The van der Waals surface area contributed by atoms with Gasteiger partial charge in [-0.1, -0.05) is 6.42 Å². The molecular formula is C11H22N2O2. The van der Waals surface area contributed by atoms with Crippen LogP contribution in [0.4, 0.5) is 0 Å². The molecule has 0 aliphatic heterocycles. The number of aliphatic carboxylic acids is 1. The van der Waals surface area contributed by atoms with Crippen molar-refractivity contribution in [1.82, 2.24) is 4.90 Å². The van der Waals surface area contributed by atoms with E-state index >= 15 is 0 Å². The molecule has 88 valence electrons. The highest BCUT2D eigenvalue weighted by Gasteiger charge is 2.28. The van der Waals surface area contributed by atoms with Crippen LogP contribution in [-0.2, 0) is 4.79 Å². The number of carbonyl (C=O) groups is 1. The van der Waals surface area contributed by atoms with Crippen LogP contribution in [-0.4, -0.2) is 41.1 Å². The summed E-state index contributed by atoms with van der Waals surface area (Å²) in [6.07, 6.45) is 5.30. The SMILES string of the molecule is CN(CCCC(C)(N)C(=O)O)C1CCC1. The van der Waals surface area contributed by atoms with Crippen LogP contribution in [0, 0.1) is 0 Å². The molecule has 0 spiro atoms. The third kappa shape index (κ3) is 3.47. The molecule has 1 atom stereocenters. The number of carboxylic acid groups (broad SMARTS) is 1. The fourth-order valence-electron chi connectivity index (χ4n) is 1.81. The van der Waals surface area contributed by atoms with Crippen LogP contribution in [0.3, 0.4) is 0 Å². The molecule has 4 nitrogen and oxygen atoms in total. The first-order chi connectivity index (χ1) is 6.93. The molecule has 0 heterocycles. The van der Waals surface area contributed by atoms with E-state index in [9.17, 15) is 4.79 Å². The van der Waals surface area contributed by atoms with Crippen molar-refractivity contribution >= 4 is 5.97 Å². The molecule has 0 amide bonds. The van der Waals surface area contributed by atoms with E-state index in [2.05, 4.69) is 11.9 Å². The van der Waals surface area contributed by atoms with Crippen molar-refractivity contribution in [3.05, 3.63) is 0 Å². The van der Waals surface area contributed by atoms with Gasteiger partial charge in [0.1, 0.15) is 5.54 Å². The summed E-state index contributed by atoms with van der Waals surface area (Å²) in [5, 5.41) is 8.83. The lowest BCUT2D eigenvalue weighted by Gasteiger charge is -2.35. The van der Waals surface area contributed by atoms with Gasteiger partial charge in [-0.05, 0) is 46.2 Å². The first kappa shape index (κ1) is 12.5. The Morgan fingerprint density at radius 1 is 1.60 bits per heavy atom. The lowest BCUT2D eigenvalue weighted by molar-refractivity contribution is -0.143. The summed E-state index contributed by atoms with van der Waals surface area (Å²) in [6.45, 7) is 2.53. The van der Waals surface area contributed by atoms with Crippen LogP contribution in [0.2, 0.25) is 0 Å². The quantitative estimate of drug-likeness (QED) is 0.693. The Labute approximate surface area is 91.4 Å². The molecule has 1 rings (SSSR count). The maximum Gasteiger partial charge on any atom is 0.323 e. The molecule has 1 aliphatic rings. The molecule has 0 aromatic rings. The van der Waals surface area contributed by atoms with Gasteiger partial charge in [0.2, 0.25) is 0 Å². The molecule has 1 unspecified atom stereocenters. The number of nitrogens with two attached hydrogens (primary N) is 1. The van der Waals surface area contributed by atoms with E-state index in [1.54, 1.807) is 6.92 Å². The van der Waals surface area contributed by atoms with Crippen molar-refractivity contribution in [2.45, 2.75) is 50.6 Å². The number of nitrogens with zero attached hydrogens (tertiary/aromatic N) is 1. The van der Waals surface area contributed by atoms with Crippen LogP contribution in [0.1, 0.15) is 39.0 Å². The fourth-order valence-corrected chi connectivity index (χ4v) is 1.81. The summed E-state index contributed by atoms with van der Waals surface area (Å²) in [7, 11) is 2.11. The Morgan fingerprint density at radius 3 is 2.60 bits per heavy atom. The van der Waals surface area contributed by atoms with Crippen molar-refractivity contribution in [3.8, 4) is 0 Å². The summed E-state index contributed by atoms with van der Waals surface area (Å²) in [5.74, 6) is -0.909. The van der Waals surface area contributed by atoms with Gasteiger partial charge in [-0.3, -0.25) is 4.79 Å². The number of rotatable bonds is 6. The highest BCUT2D eigenvalue weighted by Crippen LogP contribution is 2.23. The van der Waals surface area contributed by atoms with E-state index in [0.29, 0.717) is 6.42 Å². The van der Waals surface area contributed by atoms with Gasteiger partial charge in [-0.15, -0.1) is 0 Å². The summed E-state index contributed by atoms with van der Waals surface area (Å²) >= 11 is 0. The Morgan fingerprint density at radius 2 is 2.20 bits per heavy atom. The average molecular weight is 214 g/mol. The number of hydrogen-bond donors (Lipinski definition) is 2. The van der Waals surface area contributed by atoms with Crippen LogP contribution < -0.4 is 5.73 Å². The molecule has 0 saturated heterocycles. The maximum atomic E-state index is 10.8. The van der Waals surface area contributed by atoms with Crippen molar-refractivity contribution < 1.29 is 9.90 Å². The van der Waals surface area contributed by atoms with Gasteiger partial charge in [-0.2, -0.15) is 0 Å². The summed E-state index contributed by atoms with van der Waals surface area (Å²) in [4.78, 5) is 13.1. The Hall–Kier alpha value is -0.610. The van der Waals surface area contributed by atoms with Gasteiger partial charge in [0.25, 0.3) is 0 Å². The second-order valence-electron chi connectivity index (χ2n) is 4.89. The first-order valence-corrected chi connectivity index (χ1v) is 5.66. The lowest BCUT2D eigenvalue weighted by Crippen LogP contribution is -2.45. The zero-order valence-electron chi connectivity index (χ0n) is 9.70. The molecule has 3 N–H and O–H groups in total. The predicted octanol–water partition coefficient (Wildman–Crippen LogP) is 1.05. The lowest BCUT2D eigenvalue weighted by atomic mass is 9.91. The first-order valence-electron chi connectivity index (χ1n) is 5.66. The minimum Gasteiger partial charge on any atom is -0.480 e. The van der Waals surface area contributed by atoms with Crippen molar-refractivity contribution in [2.75, 3.05) is 13.6 Å². The molecule has 0 aromatic heterocycles. The summed E-state index contributed by atoms with van der Waals surface area (Å²) < 4.78 is 0.